The monoisotopic (exact) mass is 283 g/mol. The first-order chi connectivity index (χ1) is 8.86. The number of hydrogen-bond acceptors (Lipinski definition) is 5. The highest BCUT2D eigenvalue weighted by atomic mass is 35.5. The largest absolute Gasteiger partial charge is 0.465 e. The number of rotatable bonds is 4. The molecular formula is C12H10ClNO5. The van der Waals surface area contributed by atoms with Gasteiger partial charge in [-0.3, -0.25) is 14.9 Å². The molecule has 0 N–H and O–H groups in total. The van der Waals surface area contributed by atoms with Crippen molar-refractivity contribution in [2.45, 2.75) is 6.92 Å². The van der Waals surface area contributed by atoms with Crippen LogP contribution in [-0.4, -0.2) is 23.8 Å². The summed E-state index contributed by atoms with van der Waals surface area (Å²) in [5.41, 5.74) is -0.186. The third kappa shape index (κ3) is 3.62. The number of nitro benzene ring substituents is 1. The minimum Gasteiger partial charge on any atom is -0.465 e. The fourth-order valence-corrected chi connectivity index (χ4v) is 1.53. The van der Waals surface area contributed by atoms with Crippen LogP contribution in [0.4, 0.5) is 5.69 Å². The summed E-state index contributed by atoms with van der Waals surface area (Å²) in [5.74, 6) is -1.30. The third-order valence-electron chi connectivity index (χ3n) is 2.26. The number of esters is 1. The molecule has 7 heteroatoms. The molecule has 1 rings (SSSR count). The number of nitro groups is 1. The molecule has 0 fully saturated rings. The van der Waals surface area contributed by atoms with Crippen LogP contribution in [0.5, 0.6) is 0 Å². The molecule has 0 saturated carbocycles. The average molecular weight is 284 g/mol. The molecule has 0 radical (unpaired) electrons. The van der Waals surface area contributed by atoms with Gasteiger partial charge < -0.3 is 4.74 Å². The van der Waals surface area contributed by atoms with Crippen molar-refractivity contribution < 1.29 is 19.2 Å². The first kappa shape index (κ1) is 14.8. The minimum atomic E-state index is -0.801. The normalized spacial score (nSPS) is 11.0. The highest BCUT2D eigenvalue weighted by molar-refractivity contribution is 6.32. The van der Waals surface area contributed by atoms with E-state index >= 15 is 0 Å². The molecule has 19 heavy (non-hydrogen) atoms. The van der Waals surface area contributed by atoms with Crippen molar-refractivity contribution >= 4 is 35.1 Å². The summed E-state index contributed by atoms with van der Waals surface area (Å²) >= 11 is 5.66. The Labute approximate surface area is 113 Å². The molecule has 1 aromatic rings. The third-order valence-corrected chi connectivity index (χ3v) is 2.58. The van der Waals surface area contributed by atoms with E-state index in [9.17, 15) is 19.7 Å². The van der Waals surface area contributed by atoms with Gasteiger partial charge in [-0.2, -0.15) is 0 Å². The summed E-state index contributed by atoms with van der Waals surface area (Å²) in [6, 6.07) is 3.95. The maximum atomic E-state index is 11.4. The molecule has 100 valence electrons. The van der Waals surface area contributed by atoms with Gasteiger partial charge in [0.1, 0.15) is 10.6 Å². The number of methoxy groups -OCH3 is 1. The maximum Gasteiger partial charge on any atom is 0.341 e. The maximum absolute atomic E-state index is 11.4. The van der Waals surface area contributed by atoms with Gasteiger partial charge in [-0.1, -0.05) is 17.7 Å². The van der Waals surface area contributed by atoms with Crippen molar-refractivity contribution in [3.63, 3.8) is 0 Å². The van der Waals surface area contributed by atoms with E-state index < -0.39 is 16.7 Å². The molecule has 0 aliphatic carbocycles. The lowest BCUT2D eigenvalue weighted by molar-refractivity contribution is -0.384. The Morgan fingerprint density at radius 2 is 2.05 bits per heavy atom. The van der Waals surface area contributed by atoms with Crippen LogP contribution < -0.4 is 0 Å². The van der Waals surface area contributed by atoms with Gasteiger partial charge in [-0.05, 0) is 24.6 Å². The smallest absolute Gasteiger partial charge is 0.341 e. The van der Waals surface area contributed by atoms with Gasteiger partial charge in [0, 0.05) is 6.07 Å². The Bertz CT molecular complexity index is 579. The number of Topliss-reactive ketones (excluding diaryl/α,β-unsaturated/α-hetero) is 1. The highest BCUT2D eigenvalue weighted by Crippen LogP contribution is 2.26. The first-order valence-electron chi connectivity index (χ1n) is 5.11. The zero-order chi connectivity index (χ0) is 14.6. The van der Waals surface area contributed by atoms with Crippen LogP contribution in [-0.2, 0) is 14.3 Å². The predicted octanol–water partition coefficient (Wildman–Crippen LogP) is 2.39. The van der Waals surface area contributed by atoms with E-state index in [4.69, 9.17) is 11.6 Å². The lowest BCUT2D eigenvalue weighted by atomic mass is 10.1. The van der Waals surface area contributed by atoms with Crippen LogP contribution in [0.25, 0.3) is 6.08 Å². The average Bonchev–Trinajstić information content (AvgIpc) is 2.36. The second kappa shape index (κ2) is 6.10. The van der Waals surface area contributed by atoms with Crippen LogP contribution in [0, 0.1) is 10.1 Å². The number of ketones is 1. The van der Waals surface area contributed by atoms with Crippen LogP contribution >= 0.6 is 11.6 Å². The Morgan fingerprint density at radius 1 is 1.42 bits per heavy atom. The molecule has 0 aliphatic heterocycles. The van der Waals surface area contributed by atoms with Crippen LogP contribution in [0.1, 0.15) is 12.5 Å². The fraction of sp³-hybridized carbons (Fsp3) is 0.167. The number of ether oxygens (including phenoxy) is 1. The molecule has 1 aromatic carbocycles. The van der Waals surface area contributed by atoms with Gasteiger partial charge in [0.25, 0.3) is 5.69 Å². The fourth-order valence-electron chi connectivity index (χ4n) is 1.34. The summed E-state index contributed by atoms with van der Waals surface area (Å²) in [4.78, 5) is 32.8. The number of carbonyl (C=O) groups excluding carboxylic acids is 2. The molecule has 0 bridgehead atoms. The zero-order valence-corrected chi connectivity index (χ0v) is 10.9. The summed E-state index contributed by atoms with van der Waals surface area (Å²) in [7, 11) is 1.14. The lowest BCUT2D eigenvalue weighted by Gasteiger charge is -2.02. The second-order valence-corrected chi connectivity index (χ2v) is 3.98. The molecule has 0 spiro atoms. The summed E-state index contributed by atoms with van der Waals surface area (Å²) in [5, 5.41) is 10.7. The first-order valence-corrected chi connectivity index (χ1v) is 5.49. The standard InChI is InChI=1S/C12H10ClNO5/c1-7(15)9(12(16)19-2)5-8-3-4-10(13)11(6-8)14(17)18/h3-6H,1-2H3/b9-5-. The van der Waals surface area contributed by atoms with Crippen LogP contribution in [0.2, 0.25) is 5.02 Å². The molecule has 6 nitrogen and oxygen atoms in total. The SMILES string of the molecule is COC(=O)/C(=C\c1ccc(Cl)c([N+](=O)[O-])c1)C(C)=O. The van der Waals surface area contributed by atoms with E-state index in [0.29, 0.717) is 5.56 Å². The Hall–Kier alpha value is -2.21. The van der Waals surface area contributed by atoms with E-state index in [1.807, 2.05) is 0 Å². The van der Waals surface area contributed by atoms with E-state index in [1.165, 1.54) is 31.2 Å². The van der Waals surface area contributed by atoms with Gasteiger partial charge in [-0.15, -0.1) is 0 Å². The van der Waals surface area contributed by atoms with E-state index in [1.54, 1.807) is 0 Å². The van der Waals surface area contributed by atoms with Crippen molar-refractivity contribution in [3.8, 4) is 0 Å². The van der Waals surface area contributed by atoms with E-state index in [0.717, 1.165) is 7.11 Å². The number of nitrogens with zero attached hydrogens (tertiary/aromatic N) is 1. The van der Waals surface area contributed by atoms with Crippen molar-refractivity contribution in [2.24, 2.45) is 0 Å². The predicted molar refractivity (Wildman–Crippen MR) is 68.8 cm³/mol. The second-order valence-electron chi connectivity index (χ2n) is 3.57. The molecule has 0 saturated heterocycles. The van der Waals surface area contributed by atoms with E-state index in [-0.39, 0.29) is 16.3 Å². The van der Waals surface area contributed by atoms with Crippen molar-refractivity contribution in [2.75, 3.05) is 7.11 Å². The minimum absolute atomic E-state index is 0.0235. The number of hydrogen-bond donors (Lipinski definition) is 0. The highest BCUT2D eigenvalue weighted by Gasteiger charge is 2.17. The Kier molecular flexibility index (Phi) is 4.77. The zero-order valence-electron chi connectivity index (χ0n) is 10.2. The van der Waals surface area contributed by atoms with Gasteiger partial charge in [0.05, 0.1) is 12.0 Å². The number of benzene rings is 1. The quantitative estimate of drug-likeness (QED) is 0.211. The molecule has 0 atom stereocenters. The van der Waals surface area contributed by atoms with Crippen LogP contribution in [0.3, 0.4) is 0 Å². The summed E-state index contributed by atoms with van der Waals surface area (Å²) in [6.07, 6.45) is 1.22. The Morgan fingerprint density at radius 3 is 2.53 bits per heavy atom. The van der Waals surface area contributed by atoms with Gasteiger partial charge in [0.15, 0.2) is 5.78 Å². The van der Waals surface area contributed by atoms with Gasteiger partial charge in [0.2, 0.25) is 0 Å². The van der Waals surface area contributed by atoms with Gasteiger partial charge >= 0.3 is 5.97 Å². The van der Waals surface area contributed by atoms with Crippen molar-refractivity contribution in [1.82, 2.24) is 0 Å². The molecule has 0 aliphatic rings. The van der Waals surface area contributed by atoms with Crippen molar-refractivity contribution in [1.29, 1.82) is 0 Å². The lowest BCUT2D eigenvalue weighted by Crippen LogP contribution is -2.11. The van der Waals surface area contributed by atoms with E-state index in [2.05, 4.69) is 4.74 Å². The molecule has 0 amide bonds. The van der Waals surface area contributed by atoms with Crippen molar-refractivity contribution in [3.05, 3.63) is 44.5 Å². The number of carbonyl (C=O) groups is 2. The molecule has 0 unspecified atom stereocenters. The number of halogens is 1. The molecule has 0 heterocycles. The summed E-state index contributed by atoms with van der Waals surface area (Å²) in [6.45, 7) is 1.20. The topological polar surface area (TPSA) is 86.5 Å². The molecular weight excluding hydrogens is 274 g/mol. The summed E-state index contributed by atoms with van der Waals surface area (Å²) < 4.78 is 4.46. The molecule has 0 aromatic heterocycles. The Balaban J connectivity index is 3.29. The van der Waals surface area contributed by atoms with Crippen LogP contribution in [0.15, 0.2) is 23.8 Å². The van der Waals surface area contributed by atoms with Gasteiger partial charge in [-0.25, -0.2) is 4.79 Å².